The van der Waals surface area contributed by atoms with E-state index in [9.17, 15) is 13.2 Å². The molecule has 0 bridgehead atoms. The summed E-state index contributed by atoms with van der Waals surface area (Å²) in [5, 5.41) is 2.96. The van der Waals surface area contributed by atoms with Crippen LogP contribution < -0.4 is 15.8 Å². The van der Waals surface area contributed by atoms with E-state index in [2.05, 4.69) is 10.0 Å². The van der Waals surface area contributed by atoms with Crippen molar-refractivity contribution in [3.63, 3.8) is 0 Å². The minimum absolute atomic E-state index is 0.0208. The lowest BCUT2D eigenvalue weighted by atomic mass is 9.72. The molecule has 132 valence electrons. The lowest BCUT2D eigenvalue weighted by Crippen LogP contribution is -2.68. The summed E-state index contributed by atoms with van der Waals surface area (Å²) in [6, 6.07) is 6.42. The molecule has 0 unspecified atom stereocenters. The maximum Gasteiger partial charge on any atom is 0.240 e. The van der Waals surface area contributed by atoms with Crippen LogP contribution in [0.15, 0.2) is 29.2 Å². The Hall–Kier alpha value is -1.48. The number of carbonyl (C=O) groups is 1. The van der Waals surface area contributed by atoms with Crippen LogP contribution in [-0.4, -0.2) is 46.2 Å². The van der Waals surface area contributed by atoms with E-state index in [0.29, 0.717) is 18.8 Å². The van der Waals surface area contributed by atoms with Crippen molar-refractivity contribution in [2.45, 2.75) is 42.3 Å². The number of sulfonamides is 1. The predicted molar refractivity (Wildman–Crippen MR) is 88.8 cm³/mol. The lowest BCUT2D eigenvalue weighted by molar-refractivity contribution is -0.125. The Kier molecular flexibility index (Phi) is 4.91. The van der Waals surface area contributed by atoms with Crippen LogP contribution in [0.5, 0.6) is 0 Å². The van der Waals surface area contributed by atoms with Crippen molar-refractivity contribution < 1.29 is 17.9 Å². The Labute approximate surface area is 142 Å². The van der Waals surface area contributed by atoms with Gasteiger partial charge in [0.1, 0.15) is 0 Å². The number of hydrogen-bond donors (Lipinski definition) is 3. The number of benzene rings is 1. The van der Waals surface area contributed by atoms with Gasteiger partial charge in [-0.15, -0.1) is 0 Å². The number of carbonyl (C=O) groups excluding carboxylic acids is 1. The molecule has 0 aromatic heterocycles. The Bertz CT molecular complexity index is 705. The molecule has 4 N–H and O–H groups in total. The smallest absolute Gasteiger partial charge is 0.240 e. The van der Waals surface area contributed by atoms with E-state index in [4.69, 9.17) is 10.5 Å². The minimum Gasteiger partial charge on any atom is -0.376 e. The fourth-order valence-corrected chi connectivity index (χ4v) is 4.13. The van der Waals surface area contributed by atoms with Gasteiger partial charge in [0.15, 0.2) is 0 Å². The largest absolute Gasteiger partial charge is 0.376 e. The zero-order valence-electron chi connectivity index (χ0n) is 13.6. The number of ether oxygens (including phenoxy) is 1. The van der Waals surface area contributed by atoms with Gasteiger partial charge >= 0.3 is 0 Å². The molecule has 1 aromatic carbocycles. The van der Waals surface area contributed by atoms with Crippen molar-refractivity contribution >= 4 is 15.9 Å². The molecule has 7 nitrogen and oxygen atoms in total. The van der Waals surface area contributed by atoms with Crippen LogP contribution >= 0.6 is 0 Å². The molecule has 0 radical (unpaired) electrons. The predicted octanol–water partition coefficient (Wildman–Crippen LogP) is -0.242. The number of fused-ring (bicyclic) bond motifs is 1. The third-order valence-electron chi connectivity index (χ3n) is 4.92. The van der Waals surface area contributed by atoms with Gasteiger partial charge in [-0.2, -0.15) is 0 Å². The topological polar surface area (TPSA) is 111 Å². The highest BCUT2D eigenvalue weighted by Gasteiger charge is 2.52. The Balaban J connectivity index is 1.50. The lowest BCUT2D eigenvalue weighted by Gasteiger charge is -2.45. The third-order valence-corrected chi connectivity index (χ3v) is 6.35. The average molecular weight is 353 g/mol. The van der Waals surface area contributed by atoms with Gasteiger partial charge in [-0.3, -0.25) is 4.79 Å². The van der Waals surface area contributed by atoms with Gasteiger partial charge in [-0.25, -0.2) is 13.1 Å². The second kappa shape index (κ2) is 6.79. The molecule has 1 amide bonds. The van der Waals surface area contributed by atoms with Crippen LogP contribution in [0.3, 0.4) is 0 Å². The van der Waals surface area contributed by atoms with Gasteiger partial charge in [0, 0.05) is 25.0 Å². The summed E-state index contributed by atoms with van der Waals surface area (Å²) in [5.41, 5.74) is 6.99. The van der Waals surface area contributed by atoms with E-state index in [1.54, 1.807) is 12.1 Å². The molecule has 1 aromatic rings. The normalized spacial score (nSPS) is 28.9. The third kappa shape index (κ3) is 3.32. The SMILES string of the molecule is CNS(=O)(=O)c1ccc(CCC(=O)N[C@H]2[C@H](N)[C@@H]3CCO[C@@H]32)cc1. The first-order chi connectivity index (χ1) is 11.4. The molecule has 3 rings (SSSR count). The second-order valence-electron chi connectivity index (χ2n) is 6.31. The number of nitrogens with two attached hydrogens (primary N) is 1. The molecule has 4 atom stereocenters. The van der Waals surface area contributed by atoms with Gasteiger partial charge in [0.25, 0.3) is 0 Å². The molecule has 1 aliphatic carbocycles. The highest BCUT2D eigenvalue weighted by atomic mass is 32.2. The maximum absolute atomic E-state index is 12.1. The monoisotopic (exact) mass is 353 g/mol. The number of nitrogens with one attached hydrogen (secondary N) is 2. The molecule has 8 heteroatoms. The molecular formula is C16H23N3O4S. The van der Waals surface area contributed by atoms with Gasteiger partial charge in [-0.1, -0.05) is 12.1 Å². The van der Waals surface area contributed by atoms with Crippen LogP contribution in [0.4, 0.5) is 0 Å². The maximum atomic E-state index is 12.1. The number of amides is 1. The van der Waals surface area contributed by atoms with Crippen LogP contribution in [0.25, 0.3) is 0 Å². The van der Waals surface area contributed by atoms with Crippen molar-refractivity contribution in [1.82, 2.24) is 10.0 Å². The van der Waals surface area contributed by atoms with E-state index in [-0.39, 0.29) is 29.0 Å². The first kappa shape index (κ1) is 17.3. The molecule has 1 saturated carbocycles. The molecule has 1 heterocycles. The summed E-state index contributed by atoms with van der Waals surface area (Å²) in [7, 11) is -2.06. The number of aryl methyl sites for hydroxylation is 1. The van der Waals surface area contributed by atoms with Gasteiger partial charge in [-0.05, 0) is 37.6 Å². The minimum atomic E-state index is -3.43. The van der Waals surface area contributed by atoms with E-state index < -0.39 is 10.0 Å². The van der Waals surface area contributed by atoms with Gasteiger partial charge < -0.3 is 15.8 Å². The highest BCUT2D eigenvalue weighted by Crippen LogP contribution is 2.37. The molecule has 24 heavy (non-hydrogen) atoms. The zero-order chi connectivity index (χ0) is 17.3. The molecule has 2 aliphatic rings. The van der Waals surface area contributed by atoms with Crippen LogP contribution in [0.2, 0.25) is 0 Å². The summed E-state index contributed by atoms with van der Waals surface area (Å²) in [6.07, 6.45) is 1.91. The quantitative estimate of drug-likeness (QED) is 0.654. The number of rotatable bonds is 6. The summed E-state index contributed by atoms with van der Waals surface area (Å²) in [5.74, 6) is 0.313. The zero-order valence-corrected chi connectivity index (χ0v) is 14.4. The summed E-state index contributed by atoms with van der Waals surface area (Å²) in [4.78, 5) is 12.3. The van der Waals surface area contributed by atoms with Crippen LogP contribution in [0, 0.1) is 5.92 Å². The standard InChI is InChI=1S/C16H23N3O4S/c1-18-24(21,22)11-5-2-10(3-6-11)4-7-13(20)19-15-14(17)12-8-9-23-16(12)15/h2-3,5-6,12,14-16,18H,4,7-9,17H2,1H3,(H,19,20)/t12-,14+,15-,16-/m0/s1. The van der Waals surface area contributed by atoms with Crippen LogP contribution in [0.1, 0.15) is 18.4 Å². The summed E-state index contributed by atoms with van der Waals surface area (Å²) < 4.78 is 31.2. The fourth-order valence-electron chi connectivity index (χ4n) is 3.40. The first-order valence-electron chi connectivity index (χ1n) is 8.11. The molecule has 1 saturated heterocycles. The average Bonchev–Trinajstić information content (AvgIpc) is 3.03. The van der Waals surface area contributed by atoms with E-state index in [1.165, 1.54) is 19.2 Å². The van der Waals surface area contributed by atoms with Gasteiger partial charge in [0.05, 0.1) is 17.0 Å². The Morgan fingerprint density at radius 2 is 2.04 bits per heavy atom. The van der Waals surface area contributed by atoms with E-state index in [1.807, 2.05) is 0 Å². The van der Waals surface area contributed by atoms with Crippen molar-refractivity contribution in [3.05, 3.63) is 29.8 Å². The Morgan fingerprint density at radius 3 is 2.71 bits per heavy atom. The van der Waals surface area contributed by atoms with Crippen molar-refractivity contribution in [3.8, 4) is 0 Å². The van der Waals surface area contributed by atoms with Crippen molar-refractivity contribution in [2.75, 3.05) is 13.7 Å². The number of hydrogen-bond acceptors (Lipinski definition) is 5. The van der Waals surface area contributed by atoms with Crippen molar-refractivity contribution in [2.24, 2.45) is 11.7 Å². The summed E-state index contributed by atoms with van der Waals surface area (Å²) in [6.45, 7) is 0.720. The fraction of sp³-hybridized carbons (Fsp3) is 0.562. The molecule has 0 spiro atoms. The molecule has 2 fully saturated rings. The Morgan fingerprint density at radius 1 is 1.33 bits per heavy atom. The second-order valence-corrected chi connectivity index (χ2v) is 8.20. The molecule has 1 aliphatic heterocycles. The van der Waals surface area contributed by atoms with E-state index in [0.717, 1.165) is 18.6 Å². The summed E-state index contributed by atoms with van der Waals surface area (Å²) >= 11 is 0. The molecular weight excluding hydrogens is 330 g/mol. The first-order valence-corrected chi connectivity index (χ1v) is 9.60. The van der Waals surface area contributed by atoms with Crippen LogP contribution in [-0.2, 0) is 26.0 Å². The van der Waals surface area contributed by atoms with Gasteiger partial charge in [0.2, 0.25) is 15.9 Å². The van der Waals surface area contributed by atoms with Crippen molar-refractivity contribution in [1.29, 1.82) is 0 Å². The van der Waals surface area contributed by atoms with E-state index >= 15 is 0 Å². The highest BCUT2D eigenvalue weighted by molar-refractivity contribution is 7.89.